The molecule has 1 heterocycles. The molecule has 1 fully saturated rings. The number of rotatable bonds is 9. The number of aliphatic carboxylic acids is 1. The molecular formula is C27H32F3N3O4. The van der Waals surface area contributed by atoms with Gasteiger partial charge in [-0.05, 0) is 73.4 Å². The minimum atomic E-state index is -4.75. The number of halogens is 3. The number of nitrogens with one attached hydrogen (secondary N) is 1. The van der Waals surface area contributed by atoms with Crippen LogP contribution in [0.2, 0.25) is 0 Å². The lowest BCUT2D eigenvalue weighted by Crippen LogP contribution is -2.29. The molecule has 3 aromatic rings. The predicted molar refractivity (Wildman–Crippen MR) is 134 cm³/mol. The highest BCUT2D eigenvalue weighted by Gasteiger charge is 2.35. The second-order valence-electron chi connectivity index (χ2n) is 10.6. The number of carboxylic acid groups (broad SMARTS) is 1. The number of benzene rings is 2. The van der Waals surface area contributed by atoms with Crippen LogP contribution in [-0.2, 0) is 4.79 Å². The fraction of sp³-hybridized carbons (Fsp3) is 0.481. The van der Waals surface area contributed by atoms with Gasteiger partial charge in [-0.2, -0.15) is 0 Å². The normalized spacial score (nSPS) is 19.5. The lowest BCUT2D eigenvalue weighted by Gasteiger charge is -2.40. The molecule has 2 atom stereocenters. The third-order valence-corrected chi connectivity index (χ3v) is 6.54. The Kier molecular flexibility index (Phi) is 7.57. The van der Waals surface area contributed by atoms with Gasteiger partial charge in [0.2, 0.25) is 5.95 Å². The standard InChI is InChI=1S/C27H32F3N3O4/c1-17-13-19(16-26(2,3)15-17)33-23-11-10-21(36-12-4-5-24(34)35)14-22(23)32-25(33)31-18-6-8-20(9-7-18)37-27(28,29)30/h6-11,14,17,19H,4-5,12-13,15-16H2,1-3H3,(H,31,32)(H,34,35)/t17-,19+/m0/s1. The van der Waals surface area contributed by atoms with Crippen LogP contribution in [-0.4, -0.2) is 33.6 Å². The molecule has 37 heavy (non-hydrogen) atoms. The highest BCUT2D eigenvalue weighted by atomic mass is 19.4. The first kappa shape index (κ1) is 26.6. The van der Waals surface area contributed by atoms with Crippen molar-refractivity contribution in [2.45, 2.75) is 65.3 Å². The van der Waals surface area contributed by atoms with E-state index in [1.807, 2.05) is 18.2 Å². The molecule has 2 aromatic carbocycles. The van der Waals surface area contributed by atoms with Crippen molar-refractivity contribution in [3.8, 4) is 11.5 Å². The lowest BCUT2D eigenvalue weighted by molar-refractivity contribution is -0.274. The Morgan fingerprint density at radius 1 is 1.16 bits per heavy atom. The largest absolute Gasteiger partial charge is 0.573 e. The van der Waals surface area contributed by atoms with Gasteiger partial charge in [-0.3, -0.25) is 4.79 Å². The van der Waals surface area contributed by atoms with Gasteiger partial charge in [0.05, 0.1) is 17.6 Å². The maximum atomic E-state index is 12.5. The van der Waals surface area contributed by atoms with E-state index in [2.05, 4.69) is 35.4 Å². The summed E-state index contributed by atoms with van der Waals surface area (Å²) in [7, 11) is 0. The van der Waals surface area contributed by atoms with Crippen molar-refractivity contribution in [1.82, 2.24) is 9.55 Å². The molecule has 0 radical (unpaired) electrons. The fourth-order valence-corrected chi connectivity index (χ4v) is 5.40. The van der Waals surface area contributed by atoms with Crippen LogP contribution < -0.4 is 14.8 Å². The predicted octanol–water partition coefficient (Wildman–Crippen LogP) is 7.31. The molecule has 0 aliphatic heterocycles. The van der Waals surface area contributed by atoms with Crippen molar-refractivity contribution in [1.29, 1.82) is 0 Å². The van der Waals surface area contributed by atoms with Crippen molar-refractivity contribution in [2.24, 2.45) is 11.3 Å². The zero-order valence-corrected chi connectivity index (χ0v) is 21.1. The van der Waals surface area contributed by atoms with E-state index in [4.69, 9.17) is 14.8 Å². The molecule has 1 aliphatic rings. The van der Waals surface area contributed by atoms with E-state index < -0.39 is 12.3 Å². The Bertz CT molecular complexity index is 1240. The highest BCUT2D eigenvalue weighted by molar-refractivity contribution is 5.81. The number of anilines is 2. The van der Waals surface area contributed by atoms with Crippen LogP contribution >= 0.6 is 0 Å². The summed E-state index contributed by atoms with van der Waals surface area (Å²) in [5, 5.41) is 12.1. The second kappa shape index (κ2) is 10.5. The van der Waals surface area contributed by atoms with Crippen molar-refractivity contribution < 1.29 is 32.5 Å². The number of carbonyl (C=O) groups is 1. The van der Waals surface area contributed by atoms with Crippen LogP contribution in [0.4, 0.5) is 24.8 Å². The summed E-state index contributed by atoms with van der Waals surface area (Å²) in [5.41, 5.74) is 2.37. The smallest absolute Gasteiger partial charge is 0.494 e. The van der Waals surface area contributed by atoms with Gasteiger partial charge in [0, 0.05) is 24.2 Å². The van der Waals surface area contributed by atoms with Crippen LogP contribution in [0.5, 0.6) is 11.5 Å². The third-order valence-electron chi connectivity index (χ3n) is 6.54. The summed E-state index contributed by atoms with van der Waals surface area (Å²) < 4.78 is 49.5. The van der Waals surface area contributed by atoms with Crippen molar-refractivity contribution in [3.63, 3.8) is 0 Å². The number of hydrogen-bond donors (Lipinski definition) is 2. The number of nitrogens with zero attached hydrogens (tertiary/aromatic N) is 2. The van der Waals surface area contributed by atoms with E-state index in [0.717, 1.165) is 24.8 Å². The van der Waals surface area contributed by atoms with Crippen LogP contribution in [0.15, 0.2) is 42.5 Å². The van der Waals surface area contributed by atoms with Gasteiger partial charge in [0.15, 0.2) is 0 Å². The van der Waals surface area contributed by atoms with Crippen LogP contribution in [0.25, 0.3) is 11.0 Å². The van der Waals surface area contributed by atoms with Gasteiger partial charge in [-0.15, -0.1) is 13.2 Å². The molecular weight excluding hydrogens is 487 g/mol. The number of aromatic nitrogens is 2. The van der Waals surface area contributed by atoms with Crippen LogP contribution in [0, 0.1) is 11.3 Å². The molecule has 0 amide bonds. The zero-order valence-electron chi connectivity index (χ0n) is 21.1. The molecule has 0 bridgehead atoms. The summed E-state index contributed by atoms with van der Waals surface area (Å²) in [5.74, 6) is 0.558. The number of imidazole rings is 1. The number of ether oxygens (including phenoxy) is 2. The van der Waals surface area contributed by atoms with Gasteiger partial charge < -0.3 is 24.5 Å². The zero-order chi connectivity index (χ0) is 26.8. The topological polar surface area (TPSA) is 85.6 Å². The van der Waals surface area contributed by atoms with E-state index in [1.165, 1.54) is 24.3 Å². The van der Waals surface area contributed by atoms with Gasteiger partial charge in [-0.25, -0.2) is 4.98 Å². The summed E-state index contributed by atoms with van der Waals surface area (Å²) in [4.78, 5) is 15.6. The first-order valence-electron chi connectivity index (χ1n) is 12.4. The average Bonchev–Trinajstić information content (AvgIpc) is 3.12. The van der Waals surface area contributed by atoms with E-state index in [9.17, 15) is 18.0 Å². The molecule has 1 aromatic heterocycles. The lowest BCUT2D eigenvalue weighted by atomic mass is 9.70. The second-order valence-corrected chi connectivity index (χ2v) is 10.6. The molecule has 0 unspecified atom stereocenters. The first-order valence-corrected chi connectivity index (χ1v) is 12.4. The number of carboxylic acids is 1. The summed E-state index contributed by atoms with van der Waals surface area (Å²) in [6.07, 6.45) is -1.24. The van der Waals surface area contributed by atoms with Crippen molar-refractivity contribution in [2.75, 3.05) is 11.9 Å². The quantitative estimate of drug-likeness (QED) is 0.288. The fourth-order valence-electron chi connectivity index (χ4n) is 5.40. The Morgan fingerprint density at radius 2 is 1.86 bits per heavy atom. The molecule has 200 valence electrons. The van der Waals surface area contributed by atoms with Gasteiger partial charge in [0.1, 0.15) is 11.5 Å². The monoisotopic (exact) mass is 519 g/mol. The van der Waals surface area contributed by atoms with Crippen molar-refractivity contribution >= 4 is 28.6 Å². The van der Waals surface area contributed by atoms with Gasteiger partial charge >= 0.3 is 12.3 Å². The van der Waals surface area contributed by atoms with Gasteiger partial charge in [0.25, 0.3) is 0 Å². The van der Waals surface area contributed by atoms with E-state index >= 15 is 0 Å². The molecule has 10 heteroatoms. The summed E-state index contributed by atoms with van der Waals surface area (Å²) in [6.45, 7) is 7.07. The Hall–Kier alpha value is -3.43. The maximum absolute atomic E-state index is 12.5. The maximum Gasteiger partial charge on any atom is 0.573 e. The first-order chi connectivity index (χ1) is 17.4. The van der Waals surface area contributed by atoms with E-state index in [-0.39, 0.29) is 30.2 Å². The van der Waals surface area contributed by atoms with Crippen molar-refractivity contribution in [3.05, 3.63) is 42.5 Å². The number of alkyl halides is 3. The SMILES string of the molecule is C[C@H]1C[C@@H](n2c(Nc3ccc(OC(F)(F)F)cc3)nc3cc(OCCCC(=O)O)ccc32)CC(C)(C)C1. The third kappa shape index (κ3) is 7.08. The minimum Gasteiger partial charge on any atom is -0.494 e. The molecule has 4 rings (SSSR count). The molecule has 0 saturated heterocycles. The molecule has 0 spiro atoms. The summed E-state index contributed by atoms with van der Waals surface area (Å²) in [6, 6.07) is 11.4. The molecule has 1 saturated carbocycles. The molecule has 7 nitrogen and oxygen atoms in total. The minimum absolute atomic E-state index is 0.0351. The Labute approximate surface area is 213 Å². The van der Waals surface area contributed by atoms with Gasteiger partial charge in [-0.1, -0.05) is 20.8 Å². The average molecular weight is 520 g/mol. The number of hydrogen-bond acceptors (Lipinski definition) is 5. The molecule has 1 aliphatic carbocycles. The number of fused-ring (bicyclic) bond motifs is 1. The van der Waals surface area contributed by atoms with Crippen LogP contribution in [0.1, 0.15) is 58.9 Å². The summed E-state index contributed by atoms with van der Waals surface area (Å²) >= 11 is 0. The highest BCUT2D eigenvalue weighted by Crippen LogP contribution is 2.46. The Balaban J connectivity index is 1.64. The van der Waals surface area contributed by atoms with E-state index in [1.54, 1.807) is 0 Å². The van der Waals surface area contributed by atoms with Crippen LogP contribution in [0.3, 0.4) is 0 Å². The Morgan fingerprint density at radius 3 is 2.51 bits per heavy atom. The van der Waals surface area contributed by atoms with E-state index in [0.29, 0.717) is 35.2 Å². The molecule has 2 N–H and O–H groups in total.